The molecule has 0 saturated carbocycles. The van der Waals surface area contributed by atoms with Crippen molar-refractivity contribution in [2.24, 2.45) is 5.41 Å². The van der Waals surface area contributed by atoms with Crippen LogP contribution in [0.5, 0.6) is 0 Å². The van der Waals surface area contributed by atoms with Gasteiger partial charge in [0.25, 0.3) is 0 Å². The molecule has 0 nitrogen and oxygen atoms in total. The predicted molar refractivity (Wildman–Crippen MR) is 98.1 cm³/mol. The molecule has 1 aliphatic rings. The van der Waals surface area contributed by atoms with Crippen LogP contribution < -0.4 is 9.41 Å². The van der Waals surface area contributed by atoms with Gasteiger partial charge in [0.1, 0.15) is 0 Å². The molecule has 134 valence electrons. The Kier molecular flexibility index (Phi) is 11.5. The molecular formula is C22H28F2Zr. The van der Waals surface area contributed by atoms with Gasteiger partial charge in [-0.05, 0) is 6.42 Å². The number of benzene rings is 1. The van der Waals surface area contributed by atoms with E-state index in [9.17, 15) is 0 Å². The Hall–Kier alpha value is -0.947. The van der Waals surface area contributed by atoms with Crippen LogP contribution in [0.1, 0.15) is 53.5 Å². The largest absolute Gasteiger partial charge is 4.00 e. The summed E-state index contributed by atoms with van der Waals surface area (Å²) in [4.78, 5) is 0. The first-order valence-corrected chi connectivity index (χ1v) is 8.29. The topological polar surface area (TPSA) is 0 Å². The summed E-state index contributed by atoms with van der Waals surface area (Å²) < 4.78 is 0. The maximum absolute atomic E-state index is 3.44. The summed E-state index contributed by atoms with van der Waals surface area (Å²) in [6, 6.07) is 13.1. The van der Waals surface area contributed by atoms with E-state index in [1.54, 1.807) is 0 Å². The van der Waals surface area contributed by atoms with Crippen molar-refractivity contribution in [3.8, 4) is 0 Å². The Morgan fingerprint density at radius 1 is 1.04 bits per heavy atom. The second kappa shape index (κ2) is 10.9. The third-order valence-electron chi connectivity index (χ3n) is 4.78. The van der Waals surface area contributed by atoms with Gasteiger partial charge in [-0.3, -0.25) is 6.08 Å². The first-order chi connectivity index (χ1) is 10.3. The van der Waals surface area contributed by atoms with Crippen LogP contribution in [0.15, 0.2) is 53.1 Å². The molecule has 1 aliphatic carbocycles. The van der Waals surface area contributed by atoms with Crippen LogP contribution in [0.25, 0.3) is 10.8 Å². The van der Waals surface area contributed by atoms with E-state index < -0.39 is 0 Å². The molecular weight excluding hydrogens is 393 g/mol. The second-order valence-corrected chi connectivity index (χ2v) is 6.87. The summed E-state index contributed by atoms with van der Waals surface area (Å²) in [5.41, 5.74) is 5.87. The molecule has 0 saturated heterocycles. The summed E-state index contributed by atoms with van der Waals surface area (Å²) in [6.07, 6.45) is 5.87. The number of aryl methyl sites for hydroxylation is 1. The van der Waals surface area contributed by atoms with Crippen molar-refractivity contribution < 1.29 is 35.6 Å². The molecule has 0 atom stereocenters. The van der Waals surface area contributed by atoms with E-state index in [-0.39, 0.29) is 41.0 Å². The quantitative estimate of drug-likeness (QED) is 0.624. The van der Waals surface area contributed by atoms with Crippen LogP contribution in [0, 0.1) is 11.5 Å². The Bertz CT molecular complexity index is 687. The van der Waals surface area contributed by atoms with Gasteiger partial charge in [-0.2, -0.15) is 17.2 Å². The zero-order valence-corrected chi connectivity index (χ0v) is 18.6. The summed E-state index contributed by atoms with van der Waals surface area (Å²) in [6.45, 7) is 13.1. The molecule has 0 heterocycles. The van der Waals surface area contributed by atoms with Crippen molar-refractivity contribution in [2.75, 3.05) is 0 Å². The smallest absolute Gasteiger partial charge is 1.00 e. The van der Waals surface area contributed by atoms with E-state index in [4.69, 9.17) is 0 Å². The molecule has 2 aromatic carbocycles. The number of hydrogen-bond donors (Lipinski definition) is 0. The molecule has 0 spiro atoms. The van der Waals surface area contributed by atoms with Crippen molar-refractivity contribution in [1.82, 2.24) is 0 Å². The number of allylic oxidation sites excluding steroid dienone is 4. The van der Waals surface area contributed by atoms with E-state index in [0.717, 1.165) is 0 Å². The second-order valence-electron chi connectivity index (χ2n) is 6.87. The van der Waals surface area contributed by atoms with Gasteiger partial charge in [-0.25, -0.2) is 5.57 Å². The van der Waals surface area contributed by atoms with Crippen molar-refractivity contribution >= 4 is 10.8 Å². The summed E-state index contributed by atoms with van der Waals surface area (Å²) in [7, 11) is 0. The zero-order valence-electron chi connectivity index (χ0n) is 16.1. The number of halogens is 2. The van der Waals surface area contributed by atoms with Crippen LogP contribution in [0.2, 0.25) is 0 Å². The Balaban J connectivity index is 0. The van der Waals surface area contributed by atoms with Gasteiger partial charge < -0.3 is 9.41 Å². The number of hydrogen-bond acceptors (Lipinski definition) is 0. The average molecular weight is 422 g/mol. The van der Waals surface area contributed by atoms with Crippen LogP contribution in [-0.4, -0.2) is 0 Å². The Morgan fingerprint density at radius 2 is 1.64 bits per heavy atom. The van der Waals surface area contributed by atoms with Crippen LogP contribution in [0.3, 0.4) is 0 Å². The van der Waals surface area contributed by atoms with Gasteiger partial charge in [0, 0.05) is 0 Å². The van der Waals surface area contributed by atoms with Crippen molar-refractivity contribution in [3.63, 3.8) is 0 Å². The molecule has 2 aromatic rings. The zero-order chi connectivity index (χ0) is 16.3. The first kappa shape index (κ1) is 26.3. The van der Waals surface area contributed by atoms with Gasteiger partial charge in [0.2, 0.25) is 0 Å². The van der Waals surface area contributed by atoms with Crippen LogP contribution in [0.4, 0.5) is 0 Å². The van der Waals surface area contributed by atoms with Gasteiger partial charge in [-0.15, -0.1) is 47.5 Å². The van der Waals surface area contributed by atoms with Gasteiger partial charge in [0.15, 0.2) is 0 Å². The average Bonchev–Trinajstić information content (AvgIpc) is 2.95. The SMILES string of the molecule is CC1=[C-]C(C)(C)C(C)=C1C.CCCc1cc2ccccc2[cH-]1.[F-].[F-].[Zr+4]. The molecule has 0 aromatic heterocycles. The summed E-state index contributed by atoms with van der Waals surface area (Å²) in [5, 5.41) is 2.75. The fourth-order valence-corrected chi connectivity index (χ4v) is 3.05. The molecule has 0 N–H and O–H groups in total. The molecule has 0 fully saturated rings. The summed E-state index contributed by atoms with van der Waals surface area (Å²) >= 11 is 0. The first-order valence-electron chi connectivity index (χ1n) is 8.29. The molecule has 0 bridgehead atoms. The molecule has 0 aliphatic heterocycles. The molecule has 0 radical (unpaired) electrons. The number of rotatable bonds is 2. The van der Waals surface area contributed by atoms with Crippen molar-refractivity contribution in [1.29, 1.82) is 0 Å². The maximum Gasteiger partial charge on any atom is 4.00 e. The molecule has 3 heteroatoms. The van der Waals surface area contributed by atoms with Crippen LogP contribution in [-0.2, 0) is 32.6 Å². The Morgan fingerprint density at radius 3 is 2.04 bits per heavy atom. The van der Waals surface area contributed by atoms with E-state index >= 15 is 0 Å². The third kappa shape index (κ3) is 6.37. The maximum atomic E-state index is 3.44. The number of fused-ring (bicyclic) bond motifs is 1. The molecule has 0 unspecified atom stereocenters. The fraction of sp³-hybridized carbons (Fsp3) is 0.409. The molecule has 3 rings (SSSR count). The van der Waals surface area contributed by atoms with Gasteiger partial charge >= 0.3 is 26.2 Å². The van der Waals surface area contributed by atoms with Gasteiger partial charge in [0.05, 0.1) is 0 Å². The monoisotopic (exact) mass is 420 g/mol. The Labute approximate surface area is 170 Å². The fourth-order valence-electron chi connectivity index (χ4n) is 3.05. The minimum Gasteiger partial charge on any atom is -1.00 e. The molecule has 25 heavy (non-hydrogen) atoms. The predicted octanol–water partition coefficient (Wildman–Crippen LogP) is 0.629. The van der Waals surface area contributed by atoms with E-state index in [0.29, 0.717) is 0 Å². The minimum atomic E-state index is 0. The van der Waals surface area contributed by atoms with E-state index in [2.05, 4.69) is 84.0 Å². The normalized spacial score (nSPS) is 14.6. The van der Waals surface area contributed by atoms with Crippen molar-refractivity contribution in [2.45, 2.75) is 54.4 Å². The van der Waals surface area contributed by atoms with E-state index in [1.165, 1.54) is 45.9 Å². The third-order valence-corrected chi connectivity index (χ3v) is 4.78. The van der Waals surface area contributed by atoms with Crippen molar-refractivity contribution in [3.05, 3.63) is 64.8 Å². The minimum absolute atomic E-state index is 0. The van der Waals surface area contributed by atoms with E-state index in [1.807, 2.05) is 0 Å². The van der Waals surface area contributed by atoms with Crippen LogP contribution >= 0.6 is 0 Å². The standard InChI is InChI=1S/C12H13.C10H15.2FH.Zr/c1-2-5-10-8-11-6-3-4-7-12(11)9-10;1-7-6-10(4,5)9(3)8(7)2;;;/h3-4,6-9H,2,5H2,1H3;1-5H3;2*1H;/q2*-1;;;+4/p-2. The molecule has 0 amide bonds. The summed E-state index contributed by atoms with van der Waals surface area (Å²) in [5.74, 6) is 0. The van der Waals surface area contributed by atoms with Gasteiger partial charge in [-0.1, -0.05) is 52.5 Å².